The molecule has 0 nitrogen and oxygen atoms in total. The lowest BCUT2D eigenvalue weighted by Crippen LogP contribution is -1.85. The molecule has 0 fully saturated rings. The van der Waals surface area contributed by atoms with Gasteiger partial charge in [-0.2, -0.15) is 0 Å². The highest BCUT2D eigenvalue weighted by Gasteiger charge is 2.01. The predicted octanol–water partition coefficient (Wildman–Crippen LogP) is 4.08. The summed E-state index contributed by atoms with van der Waals surface area (Å²) in [5.41, 5.74) is 6.43. The van der Waals surface area contributed by atoms with Crippen molar-refractivity contribution in [3.05, 3.63) is 59.2 Å². The minimum atomic E-state index is 1.19. The van der Waals surface area contributed by atoms with Crippen molar-refractivity contribution in [2.75, 3.05) is 0 Å². The van der Waals surface area contributed by atoms with E-state index in [1.807, 2.05) is 6.07 Å². The fourth-order valence-electron chi connectivity index (χ4n) is 1.80. The maximum Gasteiger partial charge on any atom is -0.0152 e. The third-order valence-corrected chi connectivity index (χ3v) is 2.65. The summed E-state index contributed by atoms with van der Waals surface area (Å²) in [7, 11) is 0. The Morgan fingerprint density at radius 1 is 0.933 bits per heavy atom. The van der Waals surface area contributed by atoms with Gasteiger partial charge in [-0.05, 0) is 49.1 Å². The fraction of sp³-hybridized carbons (Fsp3) is 0.200. The van der Waals surface area contributed by atoms with Gasteiger partial charge in [0.25, 0.3) is 0 Å². The maximum atomic E-state index is 3.18. The smallest absolute Gasteiger partial charge is 0.0152 e. The summed E-state index contributed by atoms with van der Waals surface area (Å²) in [4.78, 5) is 0. The molecule has 0 aliphatic rings. The van der Waals surface area contributed by atoms with Crippen LogP contribution in [0, 0.1) is 26.8 Å². The topological polar surface area (TPSA) is 0 Å². The van der Waals surface area contributed by atoms with Crippen molar-refractivity contribution in [3.63, 3.8) is 0 Å². The molecule has 75 valence electrons. The quantitative estimate of drug-likeness (QED) is 0.643. The Labute approximate surface area is 91.6 Å². The second kappa shape index (κ2) is 3.90. The third kappa shape index (κ3) is 2.10. The summed E-state index contributed by atoms with van der Waals surface area (Å²) in [6.07, 6.45) is 0. The zero-order valence-corrected chi connectivity index (χ0v) is 9.46. The molecular formula is C15H15. The number of rotatable bonds is 1. The molecule has 0 amide bonds. The van der Waals surface area contributed by atoms with Crippen LogP contribution in [0.3, 0.4) is 0 Å². The first-order valence-corrected chi connectivity index (χ1v) is 5.23. The van der Waals surface area contributed by atoms with Gasteiger partial charge in [-0.3, -0.25) is 0 Å². The van der Waals surface area contributed by atoms with E-state index in [4.69, 9.17) is 0 Å². The van der Waals surface area contributed by atoms with E-state index in [1.54, 1.807) is 0 Å². The standard InChI is InChI=1S/C15H15/c1-11-5-4-6-14(9-11)15-10-12(2)7-8-13(15)3/h4,6-10H,1-3H3. The molecule has 0 N–H and O–H groups in total. The molecule has 1 radical (unpaired) electrons. The van der Waals surface area contributed by atoms with Crippen molar-refractivity contribution in [1.82, 2.24) is 0 Å². The van der Waals surface area contributed by atoms with Crippen LogP contribution >= 0.6 is 0 Å². The number of benzene rings is 2. The molecule has 2 aromatic rings. The lowest BCUT2D eigenvalue weighted by Gasteiger charge is -2.07. The molecule has 0 spiro atoms. The summed E-state index contributed by atoms with van der Waals surface area (Å²) in [6.45, 7) is 6.36. The van der Waals surface area contributed by atoms with Gasteiger partial charge >= 0.3 is 0 Å². The summed E-state index contributed by atoms with van der Waals surface area (Å²) < 4.78 is 0. The Hall–Kier alpha value is -1.56. The highest BCUT2D eigenvalue weighted by Crippen LogP contribution is 2.24. The highest BCUT2D eigenvalue weighted by atomic mass is 14.1. The van der Waals surface area contributed by atoms with E-state index in [9.17, 15) is 0 Å². The van der Waals surface area contributed by atoms with Crippen molar-refractivity contribution < 1.29 is 0 Å². The molecule has 0 heterocycles. The molecule has 0 aromatic heterocycles. The van der Waals surface area contributed by atoms with Crippen molar-refractivity contribution >= 4 is 0 Å². The van der Waals surface area contributed by atoms with E-state index in [2.05, 4.69) is 57.2 Å². The molecule has 15 heavy (non-hydrogen) atoms. The minimum Gasteiger partial charge on any atom is -0.0590 e. The fourth-order valence-corrected chi connectivity index (χ4v) is 1.80. The van der Waals surface area contributed by atoms with E-state index in [0.29, 0.717) is 0 Å². The van der Waals surface area contributed by atoms with Gasteiger partial charge in [-0.25, -0.2) is 0 Å². The summed E-state index contributed by atoms with van der Waals surface area (Å²) in [5, 5.41) is 0. The lowest BCUT2D eigenvalue weighted by atomic mass is 9.97. The third-order valence-electron chi connectivity index (χ3n) is 2.65. The molecule has 0 aliphatic carbocycles. The molecule has 0 unspecified atom stereocenters. The zero-order valence-electron chi connectivity index (χ0n) is 9.46. The monoisotopic (exact) mass is 195 g/mol. The average molecular weight is 195 g/mol. The van der Waals surface area contributed by atoms with Crippen LogP contribution in [0.1, 0.15) is 16.7 Å². The van der Waals surface area contributed by atoms with Crippen molar-refractivity contribution in [3.8, 4) is 11.1 Å². The SMILES string of the molecule is Cc1[c]ccc(-c2cc(C)ccc2C)c1. The van der Waals surface area contributed by atoms with Gasteiger partial charge in [0.2, 0.25) is 0 Å². The van der Waals surface area contributed by atoms with Gasteiger partial charge in [-0.15, -0.1) is 0 Å². The second-order valence-electron chi connectivity index (χ2n) is 4.08. The molecule has 0 saturated carbocycles. The van der Waals surface area contributed by atoms with E-state index in [0.717, 1.165) is 0 Å². The van der Waals surface area contributed by atoms with Gasteiger partial charge in [0, 0.05) is 0 Å². The summed E-state index contributed by atoms with van der Waals surface area (Å²) >= 11 is 0. The number of aryl methyl sites for hydroxylation is 3. The summed E-state index contributed by atoms with van der Waals surface area (Å²) in [5.74, 6) is 0. The number of hydrogen-bond donors (Lipinski definition) is 0. The van der Waals surface area contributed by atoms with E-state index in [-0.39, 0.29) is 0 Å². The molecule has 0 saturated heterocycles. The van der Waals surface area contributed by atoms with Crippen molar-refractivity contribution in [1.29, 1.82) is 0 Å². The first-order chi connectivity index (χ1) is 7.16. The van der Waals surface area contributed by atoms with Gasteiger partial charge in [0.1, 0.15) is 0 Å². The van der Waals surface area contributed by atoms with Gasteiger partial charge < -0.3 is 0 Å². The number of hydrogen-bond acceptors (Lipinski definition) is 0. The average Bonchev–Trinajstić information content (AvgIpc) is 2.22. The molecule has 0 heteroatoms. The Morgan fingerprint density at radius 3 is 2.47 bits per heavy atom. The normalized spacial score (nSPS) is 10.3. The van der Waals surface area contributed by atoms with E-state index in [1.165, 1.54) is 27.8 Å². The van der Waals surface area contributed by atoms with Crippen LogP contribution in [0.4, 0.5) is 0 Å². The zero-order chi connectivity index (χ0) is 10.8. The first kappa shape index (κ1) is 9.97. The molecule has 2 aromatic carbocycles. The molecule has 0 aliphatic heterocycles. The lowest BCUT2D eigenvalue weighted by molar-refractivity contribution is 1.38. The Morgan fingerprint density at radius 2 is 1.73 bits per heavy atom. The van der Waals surface area contributed by atoms with Crippen LogP contribution in [0.2, 0.25) is 0 Å². The predicted molar refractivity (Wildman–Crippen MR) is 64.9 cm³/mol. The Balaban J connectivity index is 2.58. The van der Waals surface area contributed by atoms with E-state index >= 15 is 0 Å². The largest absolute Gasteiger partial charge is 0.0590 e. The van der Waals surface area contributed by atoms with Crippen LogP contribution in [0.5, 0.6) is 0 Å². The highest BCUT2D eigenvalue weighted by molar-refractivity contribution is 5.68. The first-order valence-electron chi connectivity index (χ1n) is 5.23. The molecule has 2 rings (SSSR count). The molecule has 0 bridgehead atoms. The molecule has 0 atom stereocenters. The van der Waals surface area contributed by atoms with Gasteiger partial charge in [0.15, 0.2) is 0 Å². The van der Waals surface area contributed by atoms with Crippen LogP contribution in [0.15, 0.2) is 36.4 Å². The maximum absolute atomic E-state index is 3.18. The molecular weight excluding hydrogens is 180 g/mol. The second-order valence-corrected chi connectivity index (χ2v) is 4.08. The minimum absolute atomic E-state index is 1.19. The van der Waals surface area contributed by atoms with Crippen LogP contribution < -0.4 is 0 Å². The Kier molecular flexibility index (Phi) is 2.59. The van der Waals surface area contributed by atoms with E-state index < -0.39 is 0 Å². The van der Waals surface area contributed by atoms with Crippen molar-refractivity contribution in [2.24, 2.45) is 0 Å². The van der Waals surface area contributed by atoms with Crippen LogP contribution in [-0.4, -0.2) is 0 Å². The summed E-state index contributed by atoms with van der Waals surface area (Å²) in [6, 6.07) is 16.0. The van der Waals surface area contributed by atoms with Gasteiger partial charge in [-0.1, -0.05) is 42.0 Å². The van der Waals surface area contributed by atoms with Gasteiger partial charge in [0.05, 0.1) is 0 Å². The Bertz CT molecular complexity index is 481. The van der Waals surface area contributed by atoms with Crippen LogP contribution in [0.25, 0.3) is 11.1 Å². The van der Waals surface area contributed by atoms with Crippen LogP contribution in [-0.2, 0) is 0 Å². The van der Waals surface area contributed by atoms with Crippen molar-refractivity contribution in [2.45, 2.75) is 20.8 Å².